The Morgan fingerprint density at radius 3 is 2.48 bits per heavy atom. The highest BCUT2D eigenvalue weighted by molar-refractivity contribution is 6.33. The number of rotatable bonds is 6. The van der Waals surface area contributed by atoms with Crippen LogP contribution in [0.4, 0.5) is 11.4 Å². The number of nitrogens with zero attached hydrogens (tertiary/aromatic N) is 2. The van der Waals surface area contributed by atoms with Crippen molar-refractivity contribution in [2.75, 3.05) is 18.5 Å². The Morgan fingerprint density at radius 1 is 1.00 bits per heavy atom. The molecule has 0 aliphatic heterocycles. The summed E-state index contributed by atoms with van der Waals surface area (Å²) in [5, 5.41) is 11.1. The second-order valence-electron chi connectivity index (χ2n) is 4.02. The summed E-state index contributed by atoms with van der Waals surface area (Å²) in [7, 11) is 0. The van der Waals surface area contributed by atoms with E-state index in [0.29, 0.717) is 30.3 Å². The maximum Gasteiger partial charge on any atom is 0.175 e. The van der Waals surface area contributed by atoms with Crippen molar-refractivity contribution in [1.82, 2.24) is 10.2 Å². The van der Waals surface area contributed by atoms with Crippen molar-refractivity contribution in [3.05, 3.63) is 34.6 Å². The normalized spacial score (nSPS) is 10.3. The highest BCUT2D eigenvalue weighted by Crippen LogP contribution is 2.34. The van der Waals surface area contributed by atoms with E-state index in [0.717, 1.165) is 5.75 Å². The Hall–Kier alpha value is -1.72. The summed E-state index contributed by atoms with van der Waals surface area (Å²) in [5.41, 5.74) is 1.26. The molecule has 0 saturated carbocycles. The molecule has 0 atom stereocenters. The number of anilines is 2. The zero-order valence-corrected chi connectivity index (χ0v) is 13.2. The van der Waals surface area contributed by atoms with Gasteiger partial charge in [0.25, 0.3) is 0 Å². The molecule has 1 heterocycles. The van der Waals surface area contributed by atoms with Crippen molar-refractivity contribution in [3.8, 4) is 11.5 Å². The molecule has 2 rings (SSSR count). The predicted molar refractivity (Wildman–Crippen MR) is 84.1 cm³/mol. The van der Waals surface area contributed by atoms with Gasteiger partial charge in [-0.05, 0) is 26.0 Å². The number of benzene rings is 1. The second-order valence-corrected chi connectivity index (χ2v) is 4.77. The molecule has 0 fully saturated rings. The molecule has 2 aromatic rings. The molecule has 21 heavy (non-hydrogen) atoms. The van der Waals surface area contributed by atoms with Crippen LogP contribution in [0, 0.1) is 0 Å². The summed E-state index contributed by atoms with van der Waals surface area (Å²) < 4.78 is 11.1. The van der Waals surface area contributed by atoms with Crippen molar-refractivity contribution in [2.24, 2.45) is 0 Å². The van der Waals surface area contributed by atoms with E-state index < -0.39 is 0 Å². The molecule has 7 heteroatoms. The third-order valence-electron chi connectivity index (χ3n) is 2.55. The number of halogens is 2. The first-order valence-electron chi connectivity index (χ1n) is 6.49. The van der Waals surface area contributed by atoms with E-state index in [1.54, 1.807) is 6.07 Å². The van der Waals surface area contributed by atoms with Gasteiger partial charge in [0.2, 0.25) is 0 Å². The summed E-state index contributed by atoms with van der Waals surface area (Å²) in [4.78, 5) is 0. The van der Waals surface area contributed by atoms with Gasteiger partial charge >= 0.3 is 0 Å². The predicted octanol–water partition coefficient (Wildman–Crippen LogP) is 4.32. The molecule has 0 radical (unpaired) electrons. The van der Waals surface area contributed by atoms with Crippen LogP contribution in [0.5, 0.6) is 11.5 Å². The first kappa shape index (κ1) is 15.7. The van der Waals surface area contributed by atoms with Gasteiger partial charge in [-0.2, -0.15) is 0 Å². The molecule has 0 spiro atoms. The fraction of sp³-hybridized carbons (Fsp3) is 0.286. The van der Waals surface area contributed by atoms with Gasteiger partial charge in [-0.1, -0.05) is 23.2 Å². The zero-order chi connectivity index (χ0) is 15.2. The highest BCUT2D eigenvalue weighted by atomic mass is 35.5. The number of hydrogen-bond donors (Lipinski definition) is 1. The lowest BCUT2D eigenvalue weighted by atomic mass is 10.2. The van der Waals surface area contributed by atoms with Gasteiger partial charge in [0.1, 0.15) is 11.5 Å². The van der Waals surface area contributed by atoms with Crippen molar-refractivity contribution in [1.29, 1.82) is 0 Å². The molecule has 5 nitrogen and oxygen atoms in total. The lowest BCUT2D eigenvalue weighted by Crippen LogP contribution is -2.01. The van der Waals surface area contributed by atoms with Crippen LogP contribution in [0.3, 0.4) is 0 Å². The van der Waals surface area contributed by atoms with Crippen LogP contribution in [0.2, 0.25) is 10.3 Å². The molecular weight excluding hydrogens is 313 g/mol. The summed E-state index contributed by atoms with van der Waals surface area (Å²) in [5.74, 6) is 1.41. The first-order valence-corrected chi connectivity index (χ1v) is 7.25. The third kappa shape index (κ3) is 4.12. The Labute approximate surface area is 133 Å². The summed E-state index contributed by atoms with van der Waals surface area (Å²) in [6.07, 6.45) is 0. The molecular formula is C14H15Cl2N3O2. The quantitative estimate of drug-likeness (QED) is 0.855. The van der Waals surface area contributed by atoms with E-state index in [1.807, 2.05) is 32.0 Å². The van der Waals surface area contributed by atoms with E-state index in [9.17, 15) is 0 Å². The molecule has 0 unspecified atom stereocenters. The van der Waals surface area contributed by atoms with E-state index in [4.69, 9.17) is 32.7 Å². The maximum absolute atomic E-state index is 6.01. The van der Waals surface area contributed by atoms with Crippen molar-refractivity contribution in [3.63, 3.8) is 0 Å². The van der Waals surface area contributed by atoms with Crippen LogP contribution in [0.1, 0.15) is 13.8 Å². The Morgan fingerprint density at radius 2 is 1.76 bits per heavy atom. The van der Waals surface area contributed by atoms with E-state index in [-0.39, 0.29) is 10.3 Å². The summed E-state index contributed by atoms with van der Waals surface area (Å²) >= 11 is 11.8. The van der Waals surface area contributed by atoms with Gasteiger partial charge in [-0.15, -0.1) is 10.2 Å². The third-order valence-corrected chi connectivity index (χ3v) is 3.01. The number of hydrogen-bond acceptors (Lipinski definition) is 5. The average molecular weight is 328 g/mol. The highest BCUT2D eigenvalue weighted by Gasteiger charge is 2.10. The molecule has 0 bridgehead atoms. The lowest BCUT2D eigenvalue weighted by molar-refractivity contribution is 0.332. The van der Waals surface area contributed by atoms with Gasteiger partial charge in [0, 0.05) is 12.1 Å². The lowest BCUT2D eigenvalue weighted by Gasteiger charge is -2.14. The minimum atomic E-state index is 0.226. The van der Waals surface area contributed by atoms with Crippen LogP contribution >= 0.6 is 23.2 Å². The van der Waals surface area contributed by atoms with Crippen molar-refractivity contribution >= 4 is 34.6 Å². The fourth-order valence-electron chi connectivity index (χ4n) is 1.73. The van der Waals surface area contributed by atoms with Crippen LogP contribution in [0.15, 0.2) is 24.3 Å². The van der Waals surface area contributed by atoms with Gasteiger partial charge in [-0.25, -0.2) is 0 Å². The standard InChI is InChI=1S/C14H15Cl2N3O2/c1-3-20-9-5-6-12(21-4-2)10(7-9)17-11-8-13(15)18-19-14(11)16/h5-8H,3-4H2,1-2H3,(H,17,18). The Bertz CT molecular complexity index is 623. The van der Waals surface area contributed by atoms with Crippen molar-refractivity contribution < 1.29 is 9.47 Å². The summed E-state index contributed by atoms with van der Waals surface area (Å²) in [6.45, 7) is 4.97. The van der Waals surface area contributed by atoms with Crippen LogP contribution in [0.25, 0.3) is 0 Å². The largest absolute Gasteiger partial charge is 0.494 e. The average Bonchev–Trinajstić information content (AvgIpc) is 2.46. The van der Waals surface area contributed by atoms with Crippen LogP contribution < -0.4 is 14.8 Å². The fourth-order valence-corrected chi connectivity index (χ4v) is 2.02. The Balaban J connectivity index is 2.35. The molecule has 1 aromatic carbocycles. The second kappa shape index (κ2) is 7.33. The van der Waals surface area contributed by atoms with E-state index in [2.05, 4.69) is 15.5 Å². The van der Waals surface area contributed by atoms with E-state index in [1.165, 1.54) is 0 Å². The SMILES string of the molecule is CCOc1ccc(OCC)c(Nc2cc(Cl)nnc2Cl)c1. The Kier molecular flexibility index (Phi) is 5.47. The maximum atomic E-state index is 6.01. The molecule has 112 valence electrons. The number of ether oxygens (including phenoxy) is 2. The number of nitrogens with one attached hydrogen (secondary N) is 1. The topological polar surface area (TPSA) is 56.3 Å². The van der Waals surface area contributed by atoms with Gasteiger partial charge in [-0.3, -0.25) is 0 Å². The molecule has 0 amide bonds. The minimum Gasteiger partial charge on any atom is -0.494 e. The molecule has 1 aromatic heterocycles. The molecule has 1 N–H and O–H groups in total. The van der Waals surface area contributed by atoms with Crippen LogP contribution in [-0.2, 0) is 0 Å². The summed E-state index contributed by atoms with van der Waals surface area (Å²) in [6, 6.07) is 7.11. The van der Waals surface area contributed by atoms with Gasteiger partial charge in [0.05, 0.1) is 24.6 Å². The monoisotopic (exact) mass is 327 g/mol. The van der Waals surface area contributed by atoms with E-state index >= 15 is 0 Å². The van der Waals surface area contributed by atoms with Gasteiger partial charge in [0.15, 0.2) is 10.3 Å². The molecule has 0 aliphatic carbocycles. The zero-order valence-electron chi connectivity index (χ0n) is 11.7. The molecule has 0 aliphatic rings. The van der Waals surface area contributed by atoms with Gasteiger partial charge < -0.3 is 14.8 Å². The van der Waals surface area contributed by atoms with Crippen LogP contribution in [-0.4, -0.2) is 23.4 Å². The number of aromatic nitrogens is 2. The van der Waals surface area contributed by atoms with Crippen molar-refractivity contribution in [2.45, 2.75) is 13.8 Å². The minimum absolute atomic E-state index is 0.226. The first-order chi connectivity index (χ1) is 10.1. The molecule has 0 saturated heterocycles. The smallest absolute Gasteiger partial charge is 0.175 e.